The first-order valence-corrected chi connectivity index (χ1v) is 14.6. The largest absolute Gasteiger partial charge is 0.508 e. The van der Waals surface area contributed by atoms with Crippen LogP contribution in [0.2, 0.25) is 0 Å². The number of nitrogens with zero attached hydrogens (tertiary/aromatic N) is 1. The molecule has 1 aliphatic rings. The predicted molar refractivity (Wildman–Crippen MR) is 153 cm³/mol. The third kappa shape index (κ3) is 11.4. The molecule has 0 aromatic heterocycles. The van der Waals surface area contributed by atoms with Gasteiger partial charge in [0, 0.05) is 12.6 Å². The number of alkyl carbamates (subject to hydrolysis) is 1. The molecule has 0 heterocycles. The Morgan fingerprint density at radius 1 is 1.02 bits per heavy atom. The molecule has 0 aliphatic heterocycles. The number of amides is 4. The maximum Gasteiger partial charge on any atom is 0.408 e. The van der Waals surface area contributed by atoms with Crippen LogP contribution in [0.1, 0.15) is 110 Å². The molecule has 5 N–H and O–H groups in total. The summed E-state index contributed by atoms with van der Waals surface area (Å²) in [5.74, 6) is -1.68. The van der Waals surface area contributed by atoms with Gasteiger partial charge >= 0.3 is 6.09 Å². The highest BCUT2D eigenvalue weighted by atomic mass is 16.6. The number of rotatable bonds is 14. The molecule has 1 fully saturated rings. The molecule has 10 nitrogen and oxygen atoms in total. The quantitative estimate of drug-likeness (QED) is 0.247. The topological polar surface area (TPSA) is 151 Å². The van der Waals surface area contributed by atoms with Crippen LogP contribution in [0.3, 0.4) is 0 Å². The van der Waals surface area contributed by atoms with Crippen molar-refractivity contribution in [2.24, 2.45) is 5.73 Å². The van der Waals surface area contributed by atoms with Crippen LogP contribution in [-0.4, -0.2) is 58.1 Å². The third-order valence-corrected chi connectivity index (χ3v) is 6.90. The van der Waals surface area contributed by atoms with E-state index in [0.717, 1.165) is 57.8 Å². The first-order valence-electron chi connectivity index (χ1n) is 14.6. The van der Waals surface area contributed by atoms with E-state index in [9.17, 15) is 24.3 Å². The monoisotopic (exact) mass is 560 g/mol. The van der Waals surface area contributed by atoms with Gasteiger partial charge in [-0.05, 0) is 57.7 Å². The van der Waals surface area contributed by atoms with Crippen LogP contribution in [0, 0.1) is 0 Å². The Balaban J connectivity index is 2.45. The summed E-state index contributed by atoms with van der Waals surface area (Å²) < 4.78 is 5.33. The van der Waals surface area contributed by atoms with E-state index in [0.29, 0.717) is 12.0 Å². The second-order valence-corrected chi connectivity index (χ2v) is 11.7. The van der Waals surface area contributed by atoms with Gasteiger partial charge in [0.15, 0.2) is 0 Å². The SMILES string of the molecule is CCCCCCCN(C(=O)C(CC(N)=O)NC(=O)OC(C)(C)C)C(C(=O)NC1CCCCC1)c1ccc(O)cc1. The van der Waals surface area contributed by atoms with Gasteiger partial charge in [-0.1, -0.05) is 64.0 Å². The molecule has 2 rings (SSSR count). The lowest BCUT2D eigenvalue weighted by Gasteiger charge is -2.35. The predicted octanol–water partition coefficient (Wildman–Crippen LogP) is 4.45. The van der Waals surface area contributed by atoms with Crippen molar-refractivity contribution in [2.45, 2.75) is 122 Å². The van der Waals surface area contributed by atoms with Gasteiger partial charge in [0.25, 0.3) is 0 Å². The van der Waals surface area contributed by atoms with Crippen LogP contribution < -0.4 is 16.4 Å². The van der Waals surface area contributed by atoms with Gasteiger partial charge in [-0.15, -0.1) is 0 Å². The molecule has 10 heteroatoms. The number of benzene rings is 1. The third-order valence-electron chi connectivity index (χ3n) is 6.90. The Bertz CT molecular complexity index is 969. The summed E-state index contributed by atoms with van der Waals surface area (Å²) in [6.45, 7) is 7.42. The second-order valence-electron chi connectivity index (χ2n) is 11.7. The fourth-order valence-electron chi connectivity index (χ4n) is 4.96. The highest BCUT2D eigenvalue weighted by Gasteiger charge is 2.37. The van der Waals surface area contributed by atoms with Crippen molar-refractivity contribution in [3.63, 3.8) is 0 Å². The van der Waals surface area contributed by atoms with Crippen molar-refractivity contribution >= 4 is 23.8 Å². The van der Waals surface area contributed by atoms with Gasteiger partial charge in [-0.3, -0.25) is 14.4 Å². The second kappa shape index (κ2) is 16.1. The molecule has 0 radical (unpaired) electrons. The summed E-state index contributed by atoms with van der Waals surface area (Å²) in [6.07, 6.45) is 8.18. The number of nitrogens with two attached hydrogens (primary N) is 1. The summed E-state index contributed by atoms with van der Waals surface area (Å²) in [6, 6.07) is 3.83. The molecule has 4 amide bonds. The Kier molecular flexibility index (Phi) is 13.2. The molecular weight excluding hydrogens is 512 g/mol. The van der Waals surface area contributed by atoms with Crippen molar-refractivity contribution < 1.29 is 29.0 Å². The summed E-state index contributed by atoms with van der Waals surface area (Å²) in [5, 5.41) is 15.5. The maximum absolute atomic E-state index is 14.1. The number of ether oxygens (including phenoxy) is 1. The Morgan fingerprint density at radius 3 is 2.23 bits per heavy atom. The Labute approximate surface area is 238 Å². The minimum absolute atomic E-state index is 0.00340. The number of carbonyl (C=O) groups is 4. The molecule has 224 valence electrons. The lowest BCUT2D eigenvalue weighted by Crippen LogP contribution is -2.55. The summed E-state index contributed by atoms with van der Waals surface area (Å²) in [5.41, 5.74) is 5.16. The Morgan fingerprint density at radius 2 is 1.65 bits per heavy atom. The molecule has 0 saturated heterocycles. The lowest BCUT2D eigenvalue weighted by molar-refractivity contribution is -0.143. The maximum atomic E-state index is 14.1. The van der Waals surface area contributed by atoms with Crippen LogP contribution >= 0.6 is 0 Å². The number of phenols is 1. The number of nitrogens with one attached hydrogen (secondary N) is 2. The van der Waals surface area contributed by atoms with E-state index in [4.69, 9.17) is 10.5 Å². The van der Waals surface area contributed by atoms with Crippen LogP contribution in [0.25, 0.3) is 0 Å². The molecule has 1 aliphatic carbocycles. The number of phenolic OH excluding ortho intramolecular Hbond substituents is 1. The highest BCUT2D eigenvalue weighted by Crippen LogP contribution is 2.27. The van der Waals surface area contributed by atoms with Crippen molar-refractivity contribution in [2.75, 3.05) is 6.54 Å². The van der Waals surface area contributed by atoms with Gasteiger partial charge in [-0.25, -0.2) is 4.79 Å². The molecule has 1 aromatic rings. The zero-order chi connectivity index (χ0) is 29.7. The van der Waals surface area contributed by atoms with Gasteiger partial charge in [-0.2, -0.15) is 0 Å². The molecule has 1 saturated carbocycles. The highest BCUT2D eigenvalue weighted by molar-refractivity contribution is 5.94. The average molecular weight is 561 g/mol. The molecule has 2 atom stereocenters. The van der Waals surface area contributed by atoms with E-state index in [2.05, 4.69) is 17.6 Å². The summed E-state index contributed by atoms with van der Waals surface area (Å²) in [4.78, 5) is 54.0. The molecule has 2 unspecified atom stereocenters. The molecular formula is C30H48N4O6. The number of aromatic hydroxyl groups is 1. The van der Waals surface area contributed by atoms with Gasteiger partial charge in [0.05, 0.1) is 6.42 Å². The normalized spacial score (nSPS) is 15.5. The molecule has 1 aromatic carbocycles. The molecule has 0 spiro atoms. The molecule has 0 bridgehead atoms. The van der Waals surface area contributed by atoms with Crippen molar-refractivity contribution in [3.8, 4) is 5.75 Å². The van der Waals surface area contributed by atoms with Gasteiger partial charge in [0.1, 0.15) is 23.4 Å². The van der Waals surface area contributed by atoms with Crippen LogP contribution in [0.4, 0.5) is 4.79 Å². The van der Waals surface area contributed by atoms with Crippen molar-refractivity contribution in [1.82, 2.24) is 15.5 Å². The number of carbonyl (C=O) groups excluding carboxylic acids is 4. The fraction of sp³-hybridized carbons (Fsp3) is 0.667. The number of hydrogen-bond donors (Lipinski definition) is 4. The lowest BCUT2D eigenvalue weighted by atomic mass is 9.94. The van der Waals surface area contributed by atoms with Gasteiger partial charge < -0.3 is 31.1 Å². The Hall–Kier alpha value is -3.30. The smallest absolute Gasteiger partial charge is 0.408 e. The van der Waals surface area contributed by atoms with Crippen LogP contribution in [0.15, 0.2) is 24.3 Å². The zero-order valence-corrected chi connectivity index (χ0v) is 24.5. The van der Waals surface area contributed by atoms with Crippen molar-refractivity contribution in [1.29, 1.82) is 0 Å². The van der Waals surface area contributed by atoms with Gasteiger partial charge in [0.2, 0.25) is 17.7 Å². The van der Waals surface area contributed by atoms with E-state index in [1.165, 1.54) is 17.0 Å². The first-order chi connectivity index (χ1) is 18.9. The van der Waals surface area contributed by atoms with E-state index >= 15 is 0 Å². The van der Waals surface area contributed by atoms with E-state index < -0.39 is 42.0 Å². The van der Waals surface area contributed by atoms with Crippen LogP contribution in [0.5, 0.6) is 5.75 Å². The fourth-order valence-corrected chi connectivity index (χ4v) is 4.96. The zero-order valence-electron chi connectivity index (χ0n) is 24.5. The molecule has 40 heavy (non-hydrogen) atoms. The average Bonchev–Trinajstić information content (AvgIpc) is 2.87. The van der Waals surface area contributed by atoms with E-state index in [1.807, 2.05) is 0 Å². The first kappa shape index (κ1) is 32.9. The number of unbranched alkanes of at least 4 members (excludes halogenated alkanes) is 4. The minimum Gasteiger partial charge on any atom is -0.508 e. The van der Waals surface area contributed by atoms with E-state index in [-0.39, 0.29) is 24.2 Å². The summed E-state index contributed by atoms with van der Waals surface area (Å²) >= 11 is 0. The minimum atomic E-state index is -1.31. The van der Waals surface area contributed by atoms with Crippen molar-refractivity contribution in [3.05, 3.63) is 29.8 Å². The number of primary amides is 1. The standard InChI is InChI=1S/C30H48N4O6/c1-5-6-7-8-12-19-34(28(38)24(20-25(31)36)33-29(39)40-30(2,3)4)26(21-15-17-23(35)18-16-21)27(37)32-22-13-10-9-11-14-22/h15-18,22,24,26,35H,5-14,19-20H2,1-4H3,(H2,31,36)(H,32,37)(H,33,39). The summed E-state index contributed by atoms with van der Waals surface area (Å²) in [7, 11) is 0. The van der Waals surface area contributed by atoms with E-state index in [1.54, 1.807) is 32.9 Å². The number of hydrogen-bond acceptors (Lipinski definition) is 6. The van der Waals surface area contributed by atoms with Crippen LogP contribution in [-0.2, 0) is 19.1 Å².